The number of allylic oxidation sites excluding steroid dienone is 1. The van der Waals surface area contributed by atoms with Gasteiger partial charge in [0.1, 0.15) is 25.2 Å². The van der Waals surface area contributed by atoms with E-state index in [1.165, 1.54) is 23.0 Å². The Hall–Kier alpha value is -5.46. The minimum atomic E-state index is -4.51. The second-order valence-electron chi connectivity index (χ2n) is 13.5. The molecule has 2 aliphatic rings. The molecule has 2 aromatic carbocycles. The third-order valence-corrected chi connectivity index (χ3v) is 10.7. The highest BCUT2D eigenvalue weighted by molar-refractivity contribution is 8.00. The van der Waals surface area contributed by atoms with Gasteiger partial charge in [-0.3, -0.25) is 14.4 Å². The fraction of sp³-hybridized carbons (Fsp3) is 0.359. The summed E-state index contributed by atoms with van der Waals surface area (Å²) in [6.07, 6.45) is 5.17. The van der Waals surface area contributed by atoms with Gasteiger partial charge in [0.25, 0.3) is 11.5 Å². The van der Waals surface area contributed by atoms with Gasteiger partial charge in [0, 0.05) is 43.3 Å². The summed E-state index contributed by atoms with van der Waals surface area (Å²) in [7, 11) is 0. The van der Waals surface area contributed by atoms with Crippen molar-refractivity contribution in [2.24, 2.45) is 0 Å². The number of benzene rings is 2. The summed E-state index contributed by atoms with van der Waals surface area (Å²) in [5.74, 6) is -0.190. The van der Waals surface area contributed by atoms with Crippen molar-refractivity contribution in [1.29, 1.82) is 0 Å². The molecule has 58 heavy (non-hydrogen) atoms. The Kier molecular flexibility index (Phi) is 12.3. The number of aryl methyl sites for hydroxylation is 1. The molecule has 1 fully saturated rings. The van der Waals surface area contributed by atoms with E-state index in [9.17, 15) is 27.6 Å². The number of hydrogen-bond acceptors (Lipinski definition) is 11. The number of amides is 2. The second kappa shape index (κ2) is 17.6. The first-order valence-corrected chi connectivity index (χ1v) is 19.8. The lowest BCUT2D eigenvalue weighted by atomic mass is 10.2. The Labute approximate surface area is 340 Å². The van der Waals surface area contributed by atoms with Crippen LogP contribution in [0, 0.1) is 6.92 Å². The standard InChI is InChI=1S/C39H39ClF3N9O5S/c1-3-30-33(49-14-16-50(17-15-49)36(54)32-34(24(2)44-23-45-32)57-21-25-9-5-4-6-10-25)37(55)52-38(47-35(48-52)26-11-7-8-18-56-22-26)51(30)20-31(53)46-29-13-12-27(19-28(29)40)58-39(41,42)43/h4-6,9-13,19,23H,3,7-8,14-18,20-22H2,1-2H3,(H,46,53). The third-order valence-electron chi connectivity index (χ3n) is 9.63. The molecule has 2 aliphatic heterocycles. The molecule has 0 radical (unpaired) electrons. The van der Waals surface area contributed by atoms with Crippen molar-refractivity contribution in [3.63, 3.8) is 0 Å². The number of fused-ring (bicyclic) bond motifs is 1. The van der Waals surface area contributed by atoms with Gasteiger partial charge in [0.2, 0.25) is 11.7 Å². The predicted molar refractivity (Wildman–Crippen MR) is 212 cm³/mol. The zero-order chi connectivity index (χ0) is 41.0. The molecule has 0 aliphatic carbocycles. The molecule has 14 nitrogen and oxygen atoms in total. The number of nitrogens with one attached hydrogen (secondary N) is 1. The number of carbonyl (C=O) groups is 2. The number of anilines is 2. The van der Waals surface area contributed by atoms with Crippen LogP contribution in [0.25, 0.3) is 11.4 Å². The summed E-state index contributed by atoms with van der Waals surface area (Å²) < 4.78 is 53.5. The molecule has 0 unspecified atom stereocenters. The molecule has 7 rings (SSSR count). The lowest BCUT2D eigenvalue weighted by molar-refractivity contribution is -0.116. The number of aromatic nitrogens is 6. The average Bonchev–Trinajstić information content (AvgIpc) is 3.47. The largest absolute Gasteiger partial charge is 0.485 e. The van der Waals surface area contributed by atoms with Crippen LogP contribution in [0.15, 0.2) is 70.6 Å². The molecule has 0 atom stereocenters. The van der Waals surface area contributed by atoms with Crippen LogP contribution >= 0.6 is 23.4 Å². The molecule has 1 N–H and O–H groups in total. The summed E-state index contributed by atoms with van der Waals surface area (Å²) in [4.78, 5) is 58.7. The molecule has 5 heterocycles. The lowest BCUT2D eigenvalue weighted by Gasteiger charge is -2.36. The highest BCUT2D eigenvalue weighted by atomic mass is 35.5. The molecule has 0 saturated carbocycles. The molecule has 304 valence electrons. The van der Waals surface area contributed by atoms with Gasteiger partial charge in [0.15, 0.2) is 17.3 Å². The quantitative estimate of drug-likeness (QED) is 0.152. The van der Waals surface area contributed by atoms with Gasteiger partial charge in [-0.05, 0) is 61.7 Å². The summed E-state index contributed by atoms with van der Waals surface area (Å²) in [5.41, 5.74) is -1.74. The zero-order valence-electron chi connectivity index (χ0n) is 31.6. The van der Waals surface area contributed by atoms with E-state index in [1.54, 1.807) is 16.4 Å². The van der Waals surface area contributed by atoms with Crippen LogP contribution in [0.4, 0.5) is 24.5 Å². The molecule has 3 aromatic heterocycles. The Morgan fingerprint density at radius 2 is 1.84 bits per heavy atom. The van der Waals surface area contributed by atoms with Gasteiger partial charge in [-0.25, -0.2) is 9.97 Å². The number of alkyl halides is 3. The van der Waals surface area contributed by atoms with Crippen LogP contribution in [-0.2, 0) is 29.1 Å². The first-order valence-electron chi connectivity index (χ1n) is 18.6. The summed E-state index contributed by atoms with van der Waals surface area (Å²) in [5, 5.41) is 7.23. The molecule has 0 bridgehead atoms. The lowest BCUT2D eigenvalue weighted by Crippen LogP contribution is -2.51. The number of thioether (sulfide) groups is 1. The van der Waals surface area contributed by atoms with Crippen molar-refractivity contribution in [1.82, 2.24) is 34.0 Å². The van der Waals surface area contributed by atoms with Crippen LogP contribution in [0.5, 0.6) is 5.75 Å². The average molecular weight is 838 g/mol. The number of hydrogen-bond donors (Lipinski definition) is 1. The van der Waals surface area contributed by atoms with E-state index in [1.807, 2.05) is 48.2 Å². The van der Waals surface area contributed by atoms with Gasteiger partial charge >= 0.3 is 5.51 Å². The maximum atomic E-state index is 14.4. The van der Waals surface area contributed by atoms with Crippen molar-refractivity contribution < 1.29 is 32.2 Å². The number of rotatable bonds is 11. The second-order valence-corrected chi connectivity index (χ2v) is 15.1. The number of nitrogens with zero attached hydrogens (tertiary/aromatic N) is 8. The van der Waals surface area contributed by atoms with E-state index in [0.717, 1.165) is 24.5 Å². The van der Waals surface area contributed by atoms with Crippen LogP contribution < -0.4 is 20.5 Å². The molecule has 0 spiro atoms. The van der Waals surface area contributed by atoms with Crippen molar-refractivity contribution in [2.45, 2.75) is 56.7 Å². The third kappa shape index (κ3) is 9.13. The molecule has 2 amide bonds. The van der Waals surface area contributed by atoms with Gasteiger partial charge in [-0.15, -0.1) is 5.10 Å². The van der Waals surface area contributed by atoms with Crippen LogP contribution in [-0.4, -0.2) is 90.7 Å². The first kappa shape index (κ1) is 40.7. The van der Waals surface area contributed by atoms with Gasteiger partial charge < -0.3 is 29.2 Å². The smallest absolute Gasteiger partial charge is 0.446 e. The molecular weight excluding hydrogens is 799 g/mol. The SMILES string of the molecule is CCc1c(N2CCN(C(=O)c3ncnc(C)c3OCc3ccccc3)CC2)c(=O)n2nc(C3=CCCCOC3)nc2n1CC(=O)Nc1ccc(SC(F)(F)F)cc1Cl. The van der Waals surface area contributed by atoms with Gasteiger partial charge in [-0.1, -0.05) is 54.9 Å². The topological polar surface area (TPSA) is 149 Å². The van der Waals surface area contributed by atoms with Gasteiger partial charge in [-0.2, -0.15) is 22.7 Å². The van der Waals surface area contributed by atoms with E-state index in [-0.39, 0.29) is 96.5 Å². The number of piperazine rings is 1. The van der Waals surface area contributed by atoms with Crippen LogP contribution in [0.2, 0.25) is 5.02 Å². The minimum Gasteiger partial charge on any atom is -0.485 e. The Balaban J connectivity index is 1.17. The Morgan fingerprint density at radius 3 is 2.57 bits per heavy atom. The Bertz CT molecular complexity index is 2420. The van der Waals surface area contributed by atoms with Gasteiger partial charge in [0.05, 0.1) is 28.7 Å². The Morgan fingerprint density at radius 1 is 1.07 bits per heavy atom. The molecule has 5 aromatic rings. The maximum Gasteiger partial charge on any atom is 0.446 e. The fourth-order valence-corrected chi connectivity index (χ4v) is 7.72. The van der Waals surface area contributed by atoms with E-state index in [0.29, 0.717) is 41.4 Å². The van der Waals surface area contributed by atoms with E-state index >= 15 is 0 Å². The first-order chi connectivity index (χ1) is 27.9. The minimum absolute atomic E-state index is 0.0754. The zero-order valence-corrected chi connectivity index (χ0v) is 33.2. The van der Waals surface area contributed by atoms with Crippen molar-refractivity contribution in [3.05, 3.63) is 105 Å². The molecule has 1 saturated heterocycles. The fourth-order valence-electron chi connectivity index (χ4n) is 6.85. The predicted octanol–water partition coefficient (Wildman–Crippen LogP) is 6.19. The van der Waals surface area contributed by atoms with E-state index in [4.69, 9.17) is 26.1 Å². The maximum absolute atomic E-state index is 14.4. The highest BCUT2D eigenvalue weighted by Gasteiger charge is 2.32. The normalized spacial score (nSPS) is 15.0. The van der Waals surface area contributed by atoms with Crippen molar-refractivity contribution in [3.8, 4) is 5.75 Å². The van der Waals surface area contributed by atoms with E-state index in [2.05, 4.69) is 20.4 Å². The monoisotopic (exact) mass is 837 g/mol. The van der Waals surface area contributed by atoms with Crippen molar-refractivity contribution >= 4 is 57.9 Å². The van der Waals surface area contributed by atoms with E-state index < -0.39 is 17.0 Å². The molecule has 19 heteroatoms. The highest BCUT2D eigenvalue weighted by Crippen LogP contribution is 2.39. The number of ether oxygens (including phenoxy) is 2. The summed E-state index contributed by atoms with van der Waals surface area (Å²) in [6, 6.07) is 13.2. The van der Waals surface area contributed by atoms with Crippen LogP contribution in [0.1, 0.15) is 53.0 Å². The number of halogens is 4. The summed E-state index contributed by atoms with van der Waals surface area (Å²) >= 11 is 5.99. The summed E-state index contributed by atoms with van der Waals surface area (Å²) in [6.45, 7) is 5.35. The van der Waals surface area contributed by atoms with Crippen LogP contribution in [0.3, 0.4) is 0 Å². The number of carbonyl (C=O) groups excluding carboxylic acids is 2. The molecular formula is C39H39ClF3N9O5S. The van der Waals surface area contributed by atoms with Crippen molar-refractivity contribution in [2.75, 3.05) is 49.6 Å².